The van der Waals surface area contributed by atoms with Crippen molar-refractivity contribution in [2.24, 2.45) is 0 Å². The lowest BCUT2D eigenvalue weighted by Gasteiger charge is -2.24. The second kappa shape index (κ2) is 6.01. The van der Waals surface area contributed by atoms with Crippen molar-refractivity contribution >= 4 is 21.6 Å². The molecule has 1 atom stereocenters. The molecule has 90 valence electrons. The maximum Gasteiger partial charge on any atom is 0.0992 e. The fourth-order valence-corrected chi connectivity index (χ4v) is 2.23. The van der Waals surface area contributed by atoms with E-state index in [4.69, 9.17) is 10.00 Å². The van der Waals surface area contributed by atoms with Crippen LogP contribution in [-0.2, 0) is 4.74 Å². The number of nitrogens with zero attached hydrogens (tertiary/aromatic N) is 1. The maximum absolute atomic E-state index is 8.87. The van der Waals surface area contributed by atoms with Gasteiger partial charge in [-0.15, -0.1) is 0 Å². The molecule has 17 heavy (non-hydrogen) atoms. The molecule has 1 saturated heterocycles. The van der Waals surface area contributed by atoms with Crippen LogP contribution in [0.4, 0.5) is 5.69 Å². The molecule has 0 amide bonds. The van der Waals surface area contributed by atoms with Gasteiger partial charge in [0, 0.05) is 29.8 Å². The number of hydrogen-bond donors (Lipinski definition) is 2. The summed E-state index contributed by atoms with van der Waals surface area (Å²) in [4.78, 5) is 0. The number of hydrogen-bond acceptors (Lipinski definition) is 4. The second-order valence-corrected chi connectivity index (χ2v) is 4.83. The molecule has 4 nitrogen and oxygen atoms in total. The highest BCUT2D eigenvalue weighted by Crippen LogP contribution is 2.19. The first kappa shape index (κ1) is 12.4. The van der Waals surface area contributed by atoms with Crippen LogP contribution in [0.2, 0.25) is 0 Å². The molecular weight excluding hydrogens is 282 g/mol. The van der Waals surface area contributed by atoms with Crippen LogP contribution in [0.1, 0.15) is 5.56 Å². The van der Waals surface area contributed by atoms with Gasteiger partial charge < -0.3 is 15.4 Å². The molecule has 1 fully saturated rings. The molecule has 0 bridgehead atoms. The number of ether oxygens (including phenoxy) is 1. The fraction of sp³-hybridized carbons (Fsp3) is 0.417. The van der Waals surface area contributed by atoms with Crippen LogP contribution in [-0.4, -0.2) is 32.3 Å². The summed E-state index contributed by atoms with van der Waals surface area (Å²) >= 11 is 3.39. The summed E-state index contributed by atoms with van der Waals surface area (Å²) in [7, 11) is 0. The van der Waals surface area contributed by atoms with Crippen molar-refractivity contribution in [2.75, 3.05) is 31.6 Å². The molecule has 1 aromatic carbocycles. The monoisotopic (exact) mass is 295 g/mol. The summed E-state index contributed by atoms with van der Waals surface area (Å²) in [5, 5.41) is 15.4. The first-order valence-electron chi connectivity index (χ1n) is 5.55. The largest absolute Gasteiger partial charge is 0.382 e. The third-order valence-corrected chi connectivity index (χ3v) is 3.02. The molecule has 0 saturated carbocycles. The van der Waals surface area contributed by atoms with Gasteiger partial charge in [0.25, 0.3) is 0 Å². The lowest BCUT2D eigenvalue weighted by Crippen LogP contribution is -2.42. The van der Waals surface area contributed by atoms with E-state index in [1.165, 1.54) is 0 Å². The number of nitrogens with one attached hydrogen (secondary N) is 2. The quantitative estimate of drug-likeness (QED) is 0.892. The van der Waals surface area contributed by atoms with Crippen molar-refractivity contribution in [2.45, 2.75) is 6.10 Å². The Bertz CT molecular complexity index is 424. The minimum absolute atomic E-state index is 0.188. The Morgan fingerprint density at radius 2 is 2.41 bits per heavy atom. The van der Waals surface area contributed by atoms with E-state index in [9.17, 15) is 0 Å². The lowest BCUT2D eigenvalue weighted by molar-refractivity contribution is 0.0372. The number of halogens is 1. The van der Waals surface area contributed by atoms with Crippen molar-refractivity contribution in [3.05, 3.63) is 28.2 Å². The van der Waals surface area contributed by atoms with Gasteiger partial charge in [0.2, 0.25) is 0 Å². The standard InChI is InChI=1S/C12H14BrN3O/c13-10-3-9(6-14)4-11(5-10)16-8-12-7-15-1-2-17-12/h3-5,12,15-16H,1-2,7-8H2. The maximum atomic E-state index is 8.87. The normalized spacial score (nSPS) is 19.6. The second-order valence-electron chi connectivity index (χ2n) is 3.92. The molecule has 1 aliphatic rings. The van der Waals surface area contributed by atoms with Gasteiger partial charge in [-0.05, 0) is 18.2 Å². The van der Waals surface area contributed by atoms with E-state index in [0.29, 0.717) is 5.56 Å². The van der Waals surface area contributed by atoms with Crippen LogP contribution in [0.15, 0.2) is 22.7 Å². The average molecular weight is 296 g/mol. The molecule has 2 rings (SSSR count). The molecule has 0 spiro atoms. The summed E-state index contributed by atoms with van der Waals surface area (Å²) in [6.45, 7) is 3.29. The Labute approximate surface area is 109 Å². The molecule has 5 heteroatoms. The highest BCUT2D eigenvalue weighted by atomic mass is 79.9. The number of morpholine rings is 1. The van der Waals surface area contributed by atoms with Gasteiger partial charge >= 0.3 is 0 Å². The van der Waals surface area contributed by atoms with E-state index in [2.05, 4.69) is 32.6 Å². The van der Waals surface area contributed by atoms with Crippen molar-refractivity contribution in [3.63, 3.8) is 0 Å². The highest BCUT2D eigenvalue weighted by Gasteiger charge is 2.12. The zero-order valence-corrected chi connectivity index (χ0v) is 11.0. The molecule has 1 aliphatic heterocycles. The number of benzene rings is 1. The van der Waals surface area contributed by atoms with Crippen molar-refractivity contribution < 1.29 is 4.74 Å². The minimum Gasteiger partial charge on any atom is -0.382 e. The molecule has 0 radical (unpaired) electrons. The van der Waals surface area contributed by atoms with Crippen molar-refractivity contribution in [1.82, 2.24) is 5.32 Å². The van der Waals surface area contributed by atoms with E-state index in [1.54, 1.807) is 6.07 Å². The Balaban J connectivity index is 1.94. The molecule has 0 aliphatic carbocycles. The average Bonchev–Trinajstić information content (AvgIpc) is 2.37. The Morgan fingerprint density at radius 1 is 1.53 bits per heavy atom. The van der Waals surface area contributed by atoms with Gasteiger partial charge in [-0.3, -0.25) is 0 Å². The Kier molecular flexibility index (Phi) is 4.37. The van der Waals surface area contributed by atoms with Crippen molar-refractivity contribution in [3.8, 4) is 6.07 Å². The summed E-state index contributed by atoms with van der Waals surface area (Å²) in [5.41, 5.74) is 1.58. The Morgan fingerprint density at radius 3 is 3.12 bits per heavy atom. The SMILES string of the molecule is N#Cc1cc(Br)cc(NCC2CNCCO2)c1. The lowest BCUT2D eigenvalue weighted by atomic mass is 10.2. The highest BCUT2D eigenvalue weighted by molar-refractivity contribution is 9.10. The molecular formula is C12H14BrN3O. The van der Waals surface area contributed by atoms with Crippen LogP contribution < -0.4 is 10.6 Å². The van der Waals surface area contributed by atoms with Crippen LogP contribution in [0.5, 0.6) is 0 Å². The number of rotatable bonds is 3. The first-order valence-corrected chi connectivity index (χ1v) is 6.34. The Hall–Kier alpha value is -1.09. The smallest absolute Gasteiger partial charge is 0.0992 e. The molecule has 0 aromatic heterocycles. The van der Waals surface area contributed by atoms with Gasteiger partial charge in [0.05, 0.1) is 24.3 Å². The zero-order valence-electron chi connectivity index (χ0n) is 9.37. The van der Waals surface area contributed by atoms with Gasteiger partial charge in [-0.1, -0.05) is 15.9 Å². The summed E-state index contributed by atoms with van der Waals surface area (Å²) in [6.07, 6.45) is 0.188. The van der Waals surface area contributed by atoms with Gasteiger partial charge in [-0.25, -0.2) is 0 Å². The number of nitriles is 1. The van der Waals surface area contributed by atoms with Gasteiger partial charge in [-0.2, -0.15) is 5.26 Å². The van der Waals surface area contributed by atoms with Crippen LogP contribution in [0.3, 0.4) is 0 Å². The molecule has 1 heterocycles. The zero-order chi connectivity index (χ0) is 12.1. The van der Waals surface area contributed by atoms with E-state index in [0.717, 1.165) is 36.4 Å². The molecule has 1 unspecified atom stereocenters. The van der Waals surface area contributed by atoms with Crippen LogP contribution in [0.25, 0.3) is 0 Å². The minimum atomic E-state index is 0.188. The van der Waals surface area contributed by atoms with E-state index < -0.39 is 0 Å². The van der Waals surface area contributed by atoms with Crippen LogP contribution >= 0.6 is 15.9 Å². The molecule has 1 aromatic rings. The summed E-state index contributed by atoms with van der Waals surface area (Å²) in [5.74, 6) is 0. The third kappa shape index (κ3) is 3.70. The fourth-order valence-electron chi connectivity index (χ4n) is 1.74. The summed E-state index contributed by atoms with van der Waals surface area (Å²) in [6, 6.07) is 7.72. The van der Waals surface area contributed by atoms with E-state index in [1.807, 2.05) is 12.1 Å². The van der Waals surface area contributed by atoms with Gasteiger partial charge in [0.1, 0.15) is 0 Å². The first-order chi connectivity index (χ1) is 8.28. The predicted molar refractivity (Wildman–Crippen MR) is 70.0 cm³/mol. The van der Waals surface area contributed by atoms with Crippen molar-refractivity contribution in [1.29, 1.82) is 5.26 Å². The van der Waals surface area contributed by atoms with Crippen LogP contribution in [0, 0.1) is 11.3 Å². The van der Waals surface area contributed by atoms with Gasteiger partial charge in [0.15, 0.2) is 0 Å². The van der Waals surface area contributed by atoms with E-state index in [-0.39, 0.29) is 6.10 Å². The topological polar surface area (TPSA) is 57.1 Å². The van der Waals surface area contributed by atoms with E-state index >= 15 is 0 Å². The molecule has 2 N–H and O–H groups in total. The number of anilines is 1. The predicted octanol–water partition coefficient (Wildman–Crippen LogP) is 1.72. The third-order valence-electron chi connectivity index (χ3n) is 2.57. The summed E-state index contributed by atoms with van der Waals surface area (Å²) < 4.78 is 6.49.